The second kappa shape index (κ2) is 6.90. The van der Waals surface area contributed by atoms with Gasteiger partial charge in [-0.05, 0) is 5.56 Å². The zero-order chi connectivity index (χ0) is 13.5. The van der Waals surface area contributed by atoms with E-state index in [1.807, 2.05) is 18.2 Å². The molecular formula is C12H12BrNO4. The van der Waals surface area contributed by atoms with Gasteiger partial charge < -0.3 is 9.47 Å². The van der Waals surface area contributed by atoms with Gasteiger partial charge in [-0.1, -0.05) is 46.3 Å². The number of amides is 1. The van der Waals surface area contributed by atoms with Crippen molar-refractivity contribution in [3.05, 3.63) is 35.9 Å². The third kappa shape index (κ3) is 3.66. The molecule has 18 heavy (non-hydrogen) atoms. The van der Waals surface area contributed by atoms with Crippen molar-refractivity contribution in [2.45, 2.75) is 4.83 Å². The van der Waals surface area contributed by atoms with E-state index in [2.05, 4.69) is 30.4 Å². The van der Waals surface area contributed by atoms with Crippen LogP contribution < -0.4 is 0 Å². The molecule has 1 aromatic rings. The molecule has 1 rings (SSSR count). The predicted octanol–water partition coefficient (Wildman–Crippen LogP) is 2.50. The van der Waals surface area contributed by atoms with E-state index >= 15 is 0 Å². The molecule has 0 aromatic heterocycles. The smallest absolute Gasteiger partial charge is 0.433 e. The van der Waals surface area contributed by atoms with E-state index in [1.165, 1.54) is 14.2 Å². The number of carbonyl (C=O) groups excluding carboxylic acids is 2. The summed E-state index contributed by atoms with van der Waals surface area (Å²) in [4.78, 5) is 25.8. The van der Waals surface area contributed by atoms with Crippen molar-refractivity contribution in [1.82, 2.24) is 0 Å². The zero-order valence-corrected chi connectivity index (χ0v) is 11.5. The normalized spacial score (nSPS) is 12.7. The third-order valence-corrected chi connectivity index (χ3v) is 3.08. The lowest BCUT2D eigenvalue weighted by Gasteiger charge is -2.11. The minimum absolute atomic E-state index is 0.0597. The van der Waals surface area contributed by atoms with Crippen LogP contribution >= 0.6 is 15.9 Å². The number of rotatable bonds is 3. The van der Waals surface area contributed by atoms with E-state index in [1.54, 1.807) is 12.1 Å². The van der Waals surface area contributed by atoms with E-state index < -0.39 is 16.9 Å². The highest BCUT2D eigenvalue weighted by molar-refractivity contribution is 9.09. The molecule has 0 N–H and O–H groups in total. The van der Waals surface area contributed by atoms with Crippen molar-refractivity contribution in [1.29, 1.82) is 0 Å². The third-order valence-electron chi connectivity index (χ3n) is 2.11. The molecule has 1 amide bonds. The molecule has 0 saturated heterocycles. The Morgan fingerprint density at radius 2 is 1.78 bits per heavy atom. The molecule has 6 heteroatoms. The molecule has 0 fully saturated rings. The zero-order valence-electron chi connectivity index (χ0n) is 9.92. The fourth-order valence-corrected chi connectivity index (χ4v) is 1.83. The van der Waals surface area contributed by atoms with Crippen LogP contribution in [0.25, 0.3) is 0 Å². The quantitative estimate of drug-likeness (QED) is 0.488. The molecule has 1 aromatic carbocycles. The Labute approximate surface area is 113 Å². The number of hydrogen-bond donors (Lipinski definition) is 0. The van der Waals surface area contributed by atoms with Gasteiger partial charge >= 0.3 is 12.1 Å². The lowest BCUT2D eigenvalue weighted by atomic mass is 10.1. The highest BCUT2D eigenvalue weighted by Gasteiger charge is 2.24. The number of halogens is 1. The van der Waals surface area contributed by atoms with E-state index in [4.69, 9.17) is 0 Å². The van der Waals surface area contributed by atoms with Crippen LogP contribution in [0.4, 0.5) is 4.79 Å². The Bertz CT molecular complexity index is 458. The van der Waals surface area contributed by atoms with Crippen LogP contribution in [-0.4, -0.2) is 32.0 Å². The number of hydrogen-bond acceptors (Lipinski definition) is 4. The minimum atomic E-state index is -0.851. The monoisotopic (exact) mass is 313 g/mol. The van der Waals surface area contributed by atoms with Gasteiger partial charge in [-0.15, -0.1) is 0 Å². The summed E-state index contributed by atoms with van der Waals surface area (Å²) in [5.41, 5.74) is 0.723. The Morgan fingerprint density at radius 3 is 2.28 bits per heavy atom. The van der Waals surface area contributed by atoms with Gasteiger partial charge in [0.1, 0.15) is 0 Å². The number of benzene rings is 1. The number of alkyl halides is 1. The summed E-state index contributed by atoms with van der Waals surface area (Å²) in [6, 6.07) is 9.08. The first kappa shape index (κ1) is 14.4. The topological polar surface area (TPSA) is 65.0 Å². The van der Waals surface area contributed by atoms with Crippen LogP contribution in [0, 0.1) is 0 Å². The highest BCUT2D eigenvalue weighted by atomic mass is 79.9. The summed E-state index contributed by atoms with van der Waals surface area (Å²) >= 11 is 3.31. The van der Waals surface area contributed by atoms with Gasteiger partial charge in [0, 0.05) is 0 Å². The Morgan fingerprint density at radius 1 is 1.17 bits per heavy atom. The average molecular weight is 314 g/mol. The molecule has 0 radical (unpaired) electrons. The number of carbonyl (C=O) groups is 2. The second-order valence-corrected chi connectivity index (χ2v) is 4.15. The molecule has 0 aliphatic heterocycles. The number of ether oxygens (including phenoxy) is 2. The molecule has 1 unspecified atom stereocenters. The first-order valence-corrected chi connectivity index (χ1v) is 5.95. The van der Waals surface area contributed by atoms with Crippen molar-refractivity contribution < 1.29 is 19.1 Å². The van der Waals surface area contributed by atoms with E-state index in [9.17, 15) is 9.59 Å². The molecule has 0 saturated carbocycles. The van der Waals surface area contributed by atoms with Gasteiger partial charge in [0.2, 0.25) is 0 Å². The van der Waals surface area contributed by atoms with Gasteiger partial charge in [0.05, 0.1) is 19.0 Å². The summed E-state index contributed by atoms with van der Waals surface area (Å²) in [7, 11) is 2.41. The predicted molar refractivity (Wildman–Crippen MR) is 70.0 cm³/mol. The van der Waals surface area contributed by atoms with E-state index in [-0.39, 0.29) is 5.71 Å². The Balaban J connectivity index is 3.08. The van der Waals surface area contributed by atoms with Crippen LogP contribution in [0.1, 0.15) is 10.4 Å². The maximum atomic E-state index is 11.6. The SMILES string of the molecule is COC(=O)/N=C(/C(=O)OC)C(Br)c1ccccc1. The van der Waals surface area contributed by atoms with Crippen LogP contribution in [0.3, 0.4) is 0 Å². The summed E-state index contributed by atoms with van der Waals surface area (Å²) in [6.45, 7) is 0. The van der Waals surface area contributed by atoms with Crippen LogP contribution in [0.2, 0.25) is 0 Å². The molecular weight excluding hydrogens is 302 g/mol. The fourth-order valence-electron chi connectivity index (χ4n) is 1.23. The summed E-state index contributed by atoms with van der Waals surface area (Å²) in [5.74, 6) is -0.689. The molecule has 0 aliphatic carbocycles. The van der Waals surface area contributed by atoms with Crippen LogP contribution in [0.15, 0.2) is 35.3 Å². The van der Waals surface area contributed by atoms with Gasteiger partial charge in [0.15, 0.2) is 5.71 Å². The molecule has 0 aliphatic rings. The summed E-state index contributed by atoms with van der Waals surface area (Å²) in [6.07, 6.45) is -0.851. The largest absolute Gasteiger partial charge is 0.464 e. The molecule has 5 nitrogen and oxygen atoms in total. The lowest BCUT2D eigenvalue weighted by molar-refractivity contribution is -0.132. The van der Waals surface area contributed by atoms with E-state index in [0.29, 0.717) is 0 Å². The highest BCUT2D eigenvalue weighted by Crippen LogP contribution is 2.25. The second-order valence-electron chi connectivity index (χ2n) is 3.23. The number of methoxy groups -OCH3 is 2. The van der Waals surface area contributed by atoms with Crippen molar-refractivity contribution in [2.75, 3.05) is 14.2 Å². The van der Waals surface area contributed by atoms with Crippen molar-refractivity contribution in [3.8, 4) is 0 Å². The summed E-state index contributed by atoms with van der Waals surface area (Å²) in [5, 5.41) is 0. The first-order chi connectivity index (χ1) is 8.60. The molecule has 0 spiro atoms. The summed E-state index contributed by atoms with van der Waals surface area (Å²) < 4.78 is 9.00. The van der Waals surface area contributed by atoms with Crippen LogP contribution in [-0.2, 0) is 14.3 Å². The van der Waals surface area contributed by atoms with Gasteiger partial charge in [-0.3, -0.25) is 0 Å². The minimum Gasteiger partial charge on any atom is -0.464 e. The fraction of sp³-hybridized carbons (Fsp3) is 0.250. The first-order valence-electron chi connectivity index (χ1n) is 5.04. The lowest BCUT2D eigenvalue weighted by Crippen LogP contribution is -2.22. The number of nitrogens with zero attached hydrogens (tertiary/aromatic N) is 1. The number of esters is 1. The molecule has 0 bridgehead atoms. The van der Waals surface area contributed by atoms with Crippen molar-refractivity contribution in [2.24, 2.45) is 4.99 Å². The van der Waals surface area contributed by atoms with Gasteiger partial charge in [-0.2, -0.15) is 4.99 Å². The molecule has 1 atom stereocenters. The maximum Gasteiger partial charge on any atom is 0.433 e. The maximum absolute atomic E-state index is 11.6. The Kier molecular flexibility index (Phi) is 5.51. The molecule has 0 heterocycles. The Hall–Kier alpha value is -1.69. The van der Waals surface area contributed by atoms with Crippen molar-refractivity contribution >= 4 is 33.7 Å². The average Bonchev–Trinajstić information content (AvgIpc) is 2.43. The number of aliphatic imine (C=N–C) groups is 1. The van der Waals surface area contributed by atoms with Gasteiger partial charge in [0.25, 0.3) is 0 Å². The molecule has 96 valence electrons. The van der Waals surface area contributed by atoms with Crippen molar-refractivity contribution in [3.63, 3.8) is 0 Å². The standard InChI is InChI=1S/C12H12BrNO4/c1-17-11(15)10(14-12(16)18-2)9(13)8-6-4-3-5-7-8/h3-7,9H,1-2H3/b14-10+. The van der Waals surface area contributed by atoms with Crippen LogP contribution in [0.5, 0.6) is 0 Å². The van der Waals surface area contributed by atoms with E-state index in [0.717, 1.165) is 5.56 Å². The van der Waals surface area contributed by atoms with Gasteiger partial charge in [-0.25, -0.2) is 9.59 Å².